The average molecular weight is 491 g/mol. The third kappa shape index (κ3) is 5.41. The van der Waals surface area contributed by atoms with Crippen LogP contribution in [0.25, 0.3) is 10.9 Å². The van der Waals surface area contributed by atoms with Gasteiger partial charge in [0.2, 0.25) is 0 Å². The normalized spacial score (nSPS) is 12.8. The quantitative estimate of drug-likeness (QED) is 0.370. The largest absolute Gasteiger partial charge is 0.497 e. The van der Waals surface area contributed by atoms with Crippen LogP contribution in [0.2, 0.25) is 0 Å². The van der Waals surface area contributed by atoms with Crippen molar-refractivity contribution in [1.29, 1.82) is 0 Å². The number of H-pyrrole nitrogens is 1. The van der Waals surface area contributed by atoms with Gasteiger partial charge in [-0.05, 0) is 79.6 Å². The van der Waals surface area contributed by atoms with Crippen LogP contribution < -0.4 is 15.0 Å². The zero-order valence-corrected chi connectivity index (χ0v) is 21.8. The second kappa shape index (κ2) is 10.5. The molecule has 2 heterocycles. The lowest BCUT2D eigenvalue weighted by Gasteiger charge is -2.32. The van der Waals surface area contributed by atoms with E-state index in [0.29, 0.717) is 18.7 Å². The Bertz CT molecular complexity index is 1370. The molecule has 36 heavy (non-hydrogen) atoms. The maximum atomic E-state index is 13.1. The highest BCUT2D eigenvalue weighted by atomic mass is 16.5. The van der Waals surface area contributed by atoms with E-state index < -0.39 is 0 Å². The molecule has 2 aromatic heterocycles. The molecular weight excluding hydrogens is 456 g/mol. The Morgan fingerprint density at radius 1 is 1.00 bits per heavy atom. The number of benzene rings is 2. The van der Waals surface area contributed by atoms with Crippen LogP contribution in [0.1, 0.15) is 57.1 Å². The Morgan fingerprint density at radius 2 is 1.69 bits per heavy atom. The molecule has 9 heteroatoms. The first kappa shape index (κ1) is 25.4. The highest BCUT2D eigenvalue weighted by Gasteiger charge is 2.29. The maximum Gasteiger partial charge on any atom is 0.252 e. The summed E-state index contributed by atoms with van der Waals surface area (Å²) in [6.07, 6.45) is 0.770. The van der Waals surface area contributed by atoms with Gasteiger partial charge >= 0.3 is 0 Å². The van der Waals surface area contributed by atoms with Gasteiger partial charge in [-0.25, -0.2) is 4.68 Å². The fourth-order valence-electron chi connectivity index (χ4n) is 4.42. The number of nitrogens with zero attached hydrogens (tertiary/aromatic N) is 5. The molecule has 0 saturated heterocycles. The Balaban J connectivity index is 1.76. The minimum atomic E-state index is -0.283. The zero-order chi connectivity index (χ0) is 25.9. The van der Waals surface area contributed by atoms with E-state index in [1.165, 1.54) is 0 Å². The molecule has 9 nitrogen and oxygen atoms in total. The fourth-order valence-corrected chi connectivity index (χ4v) is 4.42. The van der Waals surface area contributed by atoms with Crippen LogP contribution in [-0.4, -0.2) is 44.3 Å². The molecular formula is C27H34N6O3. The number of pyridine rings is 1. The highest BCUT2D eigenvalue weighted by Crippen LogP contribution is 2.29. The van der Waals surface area contributed by atoms with Crippen molar-refractivity contribution in [2.75, 3.05) is 14.2 Å². The molecule has 0 aliphatic carbocycles. The lowest BCUT2D eigenvalue weighted by atomic mass is 10.0. The van der Waals surface area contributed by atoms with Crippen molar-refractivity contribution in [2.45, 2.75) is 58.8 Å². The molecule has 0 fully saturated rings. The monoisotopic (exact) mass is 490 g/mol. The van der Waals surface area contributed by atoms with Gasteiger partial charge in [-0.3, -0.25) is 9.69 Å². The van der Waals surface area contributed by atoms with E-state index in [9.17, 15) is 4.79 Å². The summed E-state index contributed by atoms with van der Waals surface area (Å²) in [5, 5.41) is 13.6. The van der Waals surface area contributed by atoms with Crippen LogP contribution in [0.3, 0.4) is 0 Å². The van der Waals surface area contributed by atoms with E-state index >= 15 is 0 Å². The Morgan fingerprint density at radius 3 is 2.33 bits per heavy atom. The number of hydrogen-bond acceptors (Lipinski definition) is 7. The van der Waals surface area contributed by atoms with Crippen molar-refractivity contribution < 1.29 is 9.47 Å². The first-order valence-electron chi connectivity index (χ1n) is 12.1. The van der Waals surface area contributed by atoms with Crippen LogP contribution in [0.4, 0.5) is 0 Å². The zero-order valence-electron chi connectivity index (χ0n) is 21.8. The molecule has 190 valence electrons. The summed E-state index contributed by atoms with van der Waals surface area (Å²) >= 11 is 0. The van der Waals surface area contributed by atoms with E-state index in [2.05, 4.69) is 53.1 Å². The number of aromatic amines is 1. The molecule has 1 atom stereocenters. The summed E-state index contributed by atoms with van der Waals surface area (Å²) in [6.45, 7) is 9.38. The molecule has 0 bridgehead atoms. The van der Waals surface area contributed by atoms with Gasteiger partial charge in [-0.15, -0.1) is 5.10 Å². The summed E-state index contributed by atoms with van der Waals surface area (Å²) in [5.74, 6) is 2.32. The molecule has 4 aromatic rings. The molecule has 0 radical (unpaired) electrons. The predicted octanol–water partition coefficient (Wildman–Crippen LogP) is 4.44. The second-order valence-corrected chi connectivity index (χ2v) is 9.87. The second-order valence-electron chi connectivity index (χ2n) is 9.87. The van der Waals surface area contributed by atoms with Gasteiger partial charge in [-0.1, -0.05) is 19.1 Å². The summed E-state index contributed by atoms with van der Waals surface area (Å²) in [7, 11) is 3.29. The average Bonchev–Trinajstić information content (AvgIpc) is 3.35. The van der Waals surface area contributed by atoms with Crippen LogP contribution in [0.15, 0.2) is 53.3 Å². The first-order valence-corrected chi connectivity index (χ1v) is 12.1. The topological polar surface area (TPSA) is 98.2 Å². The van der Waals surface area contributed by atoms with Crippen molar-refractivity contribution in [2.24, 2.45) is 0 Å². The van der Waals surface area contributed by atoms with E-state index in [4.69, 9.17) is 9.47 Å². The number of nitrogens with one attached hydrogen (secondary N) is 1. The molecule has 0 saturated carbocycles. The number of rotatable bonds is 9. The standard InChI is InChI=1S/C27H34N6O3/c1-7-24(25-29-30-31-33(25)27(2,3)4)32(16-18-8-10-21(35-5)11-9-18)17-20-14-19-15-22(36-6)12-13-23(19)28-26(20)34/h8-15,24H,7,16-17H2,1-6H3,(H,28,34)/t24-/m1/s1. The van der Waals surface area contributed by atoms with Gasteiger partial charge in [0.25, 0.3) is 5.56 Å². The third-order valence-electron chi connectivity index (χ3n) is 6.30. The Labute approximate surface area is 211 Å². The van der Waals surface area contributed by atoms with Crippen molar-refractivity contribution in [3.63, 3.8) is 0 Å². The van der Waals surface area contributed by atoms with Crippen molar-refractivity contribution >= 4 is 10.9 Å². The molecule has 0 aliphatic rings. The van der Waals surface area contributed by atoms with Gasteiger partial charge in [0.15, 0.2) is 5.82 Å². The van der Waals surface area contributed by atoms with Crippen molar-refractivity contribution in [3.8, 4) is 11.5 Å². The summed E-state index contributed by atoms with van der Waals surface area (Å²) in [6, 6.07) is 15.4. The predicted molar refractivity (Wildman–Crippen MR) is 139 cm³/mol. The third-order valence-corrected chi connectivity index (χ3v) is 6.30. The maximum absolute atomic E-state index is 13.1. The SMILES string of the molecule is CC[C@H](c1nnnn1C(C)(C)C)N(Cc1ccc(OC)cc1)Cc1cc2cc(OC)ccc2[nH]c1=O. The van der Waals surface area contributed by atoms with Crippen molar-refractivity contribution in [1.82, 2.24) is 30.1 Å². The van der Waals surface area contributed by atoms with Gasteiger partial charge in [0.05, 0.1) is 25.8 Å². The molecule has 4 rings (SSSR count). The molecule has 0 aliphatic heterocycles. The number of fused-ring (bicyclic) bond motifs is 1. The minimum Gasteiger partial charge on any atom is -0.497 e. The van der Waals surface area contributed by atoms with E-state index in [-0.39, 0.29) is 17.1 Å². The number of tetrazole rings is 1. The Hall–Kier alpha value is -3.72. The van der Waals surface area contributed by atoms with Gasteiger partial charge < -0.3 is 14.5 Å². The fraction of sp³-hybridized carbons (Fsp3) is 0.407. The summed E-state index contributed by atoms with van der Waals surface area (Å²) in [5.41, 5.74) is 2.14. The van der Waals surface area contributed by atoms with E-state index in [1.54, 1.807) is 14.2 Å². The van der Waals surface area contributed by atoms with Gasteiger partial charge in [0.1, 0.15) is 11.5 Å². The highest BCUT2D eigenvalue weighted by molar-refractivity contribution is 5.80. The van der Waals surface area contributed by atoms with Crippen LogP contribution >= 0.6 is 0 Å². The summed E-state index contributed by atoms with van der Waals surface area (Å²) < 4.78 is 12.6. The number of hydrogen-bond donors (Lipinski definition) is 1. The minimum absolute atomic E-state index is 0.110. The van der Waals surface area contributed by atoms with Gasteiger partial charge in [-0.2, -0.15) is 0 Å². The van der Waals surface area contributed by atoms with Crippen molar-refractivity contribution in [3.05, 3.63) is 75.8 Å². The lowest BCUT2D eigenvalue weighted by molar-refractivity contribution is 0.153. The Kier molecular flexibility index (Phi) is 7.40. The lowest BCUT2D eigenvalue weighted by Crippen LogP contribution is -2.35. The van der Waals surface area contributed by atoms with E-state index in [0.717, 1.165) is 40.2 Å². The molecule has 2 aromatic carbocycles. The van der Waals surface area contributed by atoms with Crippen LogP contribution in [0, 0.1) is 0 Å². The number of methoxy groups -OCH3 is 2. The number of ether oxygens (including phenoxy) is 2. The molecule has 0 spiro atoms. The van der Waals surface area contributed by atoms with Crippen LogP contribution in [0.5, 0.6) is 11.5 Å². The number of aromatic nitrogens is 5. The van der Waals surface area contributed by atoms with E-state index in [1.807, 2.05) is 53.2 Å². The molecule has 1 N–H and O–H groups in total. The first-order chi connectivity index (χ1) is 17.2. The smallest absolute Gasteiger partial charge is 0.252 e. The van der Waals surface area contributed by atoms with Gasteiger partial charge in [0, 0.05) is 29.6 Å². The van der Waals surface area contributed by atoms with Crippen LogP contribution in [-0.2, 0) is 18.6 Å². The molecule has 0 unspecified atom stereocenters. The summed E-state index contributed by atoms with van der Waals surface area (Å²) in [4.78, 5) is 18.4. The molecule has 0 amide bonds.